The summed E-state index contributed by atoms with van der Waals surface area (Å²) in [7, 11) is 0. The average Bonchev–Trinajstić information content (AvgIpc) is 2.87. The van der Waals surface area contributed by atoms with Crippen molar-refractivity contribution in [3.8, 4) is 0 Å². The van der Waals surface area contributed by atoms with Crippen LogP contribution in [0.2, 0.25) is 0 Å². The maximum Gasteiger partial charge on any atom is 0.0578 e. The Morgan fingerprint density at radius 3 is 0.714 bits per heavy atom. The zero-order chi connectivity index (χ0) is 25.7. The van der Waals surface area contributed by atoms with Gasteiger partial charge in [0.15, 0.2) is 0 Å². The molecule has 0 bridgehead atoms. The maximum absolute atomic E-state index is 6.96. The summed E-state index contributed by atoms with van der Waals surface area (Å²) in [5.74, 6) is 0. The van der Waals surface area contributed by atoms with E-state index < -0.39 is 0 Å². The van der Waals surface area contributed by atoms with Crippen LogP contribution in [0.25, 0.3) is 0 Å². The van der Waals surface area contributed by atoms with Gasteiger partial charge in [-0.25, -0.2) is 0 Å². The molecule has 0 radical (unpaired) electrons. The van der Waals surface area contributed by atoms with Gasteiger partial charge in [0.1, 0.15) is 0 Å². The Bertz CT molecular complexity index is 300. The first kappa shape index (κ1) is 35.0. The second-order valence-electron chi connectivity index (χ2n) is 11.6. The van der Waals surface area contributed by atoms with Gasteiger partial charge in [-0.15, -0.1) is 0 Å². The van der Waals surface area contributed by atoms with Crippen molar-refractivity contribution < 1.29 is 4.74 Å². The summed E-state index contributed by atoms with van der Waals surface area (Å²) in [6, 6.07) is 0. The van der Waals surface area contributed by atoms with E-state index in [2.05, 4.69) is 27.7 Å². The molecule has 1 heteroatoms. The van der Waals surface area contributed by atoms with Crippen LogP contribution in [-0.2, 0) is 4.74 Å². The maximum atomic E-state index is 6.96. The fourth-order valence-corrected chi connectivity index (χ4v) is 5.44. The topological polar surface area (TPSA) is 9.23 Å². The fourth-order valence-electron chi connectivity index (χ4n) is 5.44. The van der Waals surface area contributed by atoms with Crippen LogP contribution in [-0.4, -0.2) is 12.2 Å². The third kappa shape index (κ3) is 26.8. The van der Waals surface area contributed by atoms with Crippen molar-refractivity contribution in [2.45, 2.75) is 220 Å². The lowest BCUT2D eigenvalue weighted by Crippen LogP contribution is -2.23. The van der Waals surface area contributed by atoms with Gasteiger partial charge in [-0.1, -0.05) is 182 Å². The normalized spacial score (nSPS) is 11.8. The van der Waals surface area contributed by atoms with E-state index in [1.54, 1.807) is 0 Å². The molecular formula is C34H70O. The molecule has 0 spiro atoms. The minimum atomic E-state index is 0.525. The van der Waals surface area contributed by atoms with Gasteiger partial charge in [0.2, 0.25) is 0 Å². The first-order valence-electron chi connectivity index (χ1n) is 16.9. The van der Waals surface area contributed by atoms with Crippen molar-refractivity contribution in [2.75, 3.05) is 0 Å². The third-order valence-electron chi connectivity index (χ3n) is 7.90. The molecule has 0 aromatic rings. The van der Waals surface area contributed by atoms with Crippen LogP contribution in [0.1, 0.15) is 207 Å². The lowest BCUT2D eigenvalue weighted by atomic mass is 9.99. The van der Waals surface area contributed by atoms with Crippen LogP contribution in [0, 0.1) is 0 Å². The molecule has 1 nitrogen and oxygen atoms in total. The summed E-state index contributed by atoms with van der Waals surface area (Å²) >= 11 is 0. The lowest BCUT2D eigenvalue weighted by molar-refractivity contribution is -0.0324. The van der Waals surface area contributed by atoms with Crippen molar-refractivity contribution in [3.63, 3.8) is 0 Å². The predicted molar refractivity (Wildman–Crippen MR) is 161 cm³/mol. The molecule has 0 aromatic carbocycles. The summed E-state index contributed by atoms with van der Waals surface area (Å²) < 4.78 is 6.96. The van der Waals surface area contributed by atoms with Crippen LogP contribution >= 0.6 is 0 Å². The highest BCUT2D eigenvalue weighted by Gasteiger charge is 2.17. The predicted octanol–water partition coefficient (Wildman–Crippen LogP) is 12.7. The number of hydrogen-bond acceptors (Lipinski definition) is 1. The largest absolute Gasteiger partial charge is 0.375 e. The number of rotatable bonds is 30. The highest BCUT2D eigenvalue weighted by Crippen LogP contribution is 2.23. The molecule has 0 amide bonds. The second kappa shape index (κ2) is 30.2. The van der Waals surface area contributed by atoms with Gasteiger partial charge in [0.05, 0.1) is 12.2 Å². The van der Waals surface area contributed by atoms with Crippen LogP contribution in [0.15, 0.2) is 0 Å². The Morgan fingerprint density at radius 1 is 0.286 bits per heavy atom. The van der Waals surface area contributed by atoms with E-state index in [-0.39, 0.29) is 0 Å². The molecule has 0 heterocycles. The molecule has 212 valence electrons. The van der Waals surface area contributed by atoms with Crippen LogP contribution in [0.4, 0.5) is 0 Å². The monoisotopic (exact) mass is 495 g/mol. The van der Waals surface area contributed by atoms with E-state index >= 15 is 0 Å². The van der Waals surface area contributed by atoms with E-state index in [1.807, 2.05) is 0 Å². The van der Waals surface area contributed by atoms with Gasteiger partial charge in [-0.05, 0) is 25.7 Å². The molecule has 0 N–H and O–H groups in total. The van der Waals surface area contributed by atoms with Gasteiger partial charge in [0, 0.05) is 0 Å². The van der Waals surface area contributed by atoms with Gasteiger partial charge in [0.25, 0.3) is 0 Å². The molecule has 0 aliphatic heterocycles. The van der Waals surface area contributed by atoms with Crippen molar-refractivity contribution in [1.29, 1.82) is 0 Å². The SMILES string of the molecule is CCCCCCCCC(CCCCCCCC)OC(CCCCCCCC)CCCCCCCC. The summed E-state index contributed by atoms with van der Waals surface area (Å²) in [4.78, 5) is 0. The quantitative estimate of drug-likeness (QED) is 0.0902. The highest BCUT2D eigenvalue weighted by atomic mass is 16.5. The Kier molecular flexibility index (Phi) is 30.2. The van der Waals surface area contributed by atoms with E-state index in [1.165, 1.54) is 180 Å². The van der Waals surface area contributed by atoms with Gasteiger partial charge in [-0.3, -0.25) is 0 Å². The minimum absolute atomic E-state index is 0.525. The van der Waals surface area contributed by atoms with Crippen LogP contribution in [0.5, 0.6) is 0 Å². The van der Waals surface area contributed by atoms with Crippen molar-refractivity contribution in [3.05, 3.63) is 0 Å². The smallest absolute Gasteiger partial charge is 0.0578 e. The summed E-state index contributed by atoms with van der Waals surface area (Å²) in [6.07, 6.45) is 39.9. The van der Waals surface area contributed by atoms with Crippen LogP contribution in [0.3, 0.4) is 0 Å². The fraction of sp³-hybridized carbons (Fsp3) is 1.00. The summed E-state index contributed by atoms with van der Waals surface area (Å²) in [5, 5.41) is 0. The minimum Gasteiger partial charge on any atom is -0.375 e. The Hall–Kier alpha value is -0.0400. The summed E-state index contributed by atoms with van der Waals surface area (Å²) in [5.41, 5.74) is 0. The zero-order valence-corrected chi connectivity index (χ0v) is 25.4. The molecule has 0 aliphatic carbocycles. The molecule has 35 heavy (non-hydrogen) atoms. The molecular weight excluding hydrogens is 424 g/mol. The Labute approximate surface area is 224 Å². The number of hydrogen-bond donors (Lipinski definition) is 0. The Balaban J connectivity index is 4.58. The van der Waals surface area contributed by atoms with E-state index in [9.17, 15) is 0 Å². The second-order valence-corrected chi connectivity index (χ2v) is 11.6. The van der Waals surface area contributed by atoms with Gasteiger partial charge >= 0.3 is 0 Å². The zero-order valence-electron chi connectivity index (χ0n) is 25.4. The molecule has 0 saturated heterocycles. The van der Waals surface area contributed by atoms with E-state index in [4.69, 9.17) is 4.74 Å². The first-order chi connectivity index (χ1) is 17.3. The van der Waals surface area contributed by atoms with E-state index in [0.29, 0.717) is 12.2 Å². The highest BCUT2D eigenvalue weighted by molar-refractivity contribution is 4.67. The van der Waals surface area contributed by atoms with Crippen LogP contribution < -0.4 is 0 Å². The first-order valence-corrected chi connectivity index (χ1v) is 16.9. The summed E-state index contributed by atoms with van der Waals surface area (Å²) in [6.45, 7) is 9.27. The average molecular weight is 495 g/mol. The van der Waals surface area contributed by atoms with Crippen molar-refractivity contribution >= 4 is 0 Å². The van der Waals surface area contributed by atoms with Crippen molar-refractivity contribution in [1.82, 2.24) is 0 Å². The molecule has 0 rings (SSSR count). The molecule has 0 aliphatic rings. The molecule has 0 aromatic heterocycles. The third-order valence-corrected chi connectivity index (χ3v) is 7.90. The standard InChI is InChI=1S/C34H70O/c1-5-9-13-17-21-25-29-33(30-26-22-18-14-10-6-2)35-34(31-27-23-19-15-11-7-3)32-28-24-20-16-12-8-4/h33-34H,5-32H2,1-4H3. The van der Waals surface area contributed by atoms with Crippen molar-refractivity contribution in [2.24, 2.45) is 0 Å². The van der Waals surface area contributed by atoms with Gasteiger partial charge in [-0.2, -0.15) is 0 Å². The molecule has 0 atom stereocenters. The molecule has 0 saturated carbocycles. The van der Waals surface area contributed by atoms with Gasteiger partial charge < -0.3 is 4.74 Å². The van der Waals surface area contributed by atoms with E-state index in [0.717, 1.165) is 0 Å². The lowest BCUT2D eigenvalue weighted by Gasteiger charge is -2.26. The molecule has 0 fully saturated rings. The number of ether oxygens (including phenoxy) is 1. The molecule has 0 unspecified atom stereocenters. The Morgan fingerprint density at radius 2 is 0.486 bits per heavy atom. The number of unbranched alkanes of at least 4 members (excludes halogenated alkanes) is 20.